The Morgan fingerprint density at radius 2 is 1.95 bits per heavy atom. The van der Waals surface area contributed by atoms with Gasteiger partial charge in [-0.2, -0.15) is 0 Å². The molecule has 1 aliphatic rings. The van der Waals surface area contributed by atoms with Crippen molar-refractivity contribution < 1.29 is 4.39 Å². The van der Waals surface area contributed by atoms with Gasteiger partial charge in [-0.1, -0.05) is 6.07 Å². The smallest absolute Gasteiger partial charge is 0.146 e. The maximum atomic E-state index is 14.1. The van der Waals surface area contributed by atoms with Gasteiger partial charge in [-0.25, -0.2) is 4.39 Å². The summed E-state index contributed by atoms with van der Waals surface area (Å²) in [7, 11) is 1.94. The highest BCUT2D eigenvalue weighted by Gasteiger charge is 2.20. The van der Waals surface area contributed by atoms with Gasteiger partial charge in [0.05, 0.1) is 5.69 Å². The number of nitrogens with zero attached hydrogens (tertiary/aromatic N) is 2. The third-order valence-corrected chi connectivity index (χ3v) is 4.08. The van der Waals surface area contributed by atoms with E-state index in [9.17, 15) is 4.39 Å². The molecule has 1 aliphatic carbocycles. The number of aromatic nitrogens is 1. The zero-order valence-corrected chi connectivity index (χ0v) is 12.9. The van der Waals surface area contributed by atoms with Crippen LogP contribution in [-0.4, -0.2) is 24.6 Å². The van der Waals surface area contributed by atoms with Crippen LogP contribution in [0.25, 0.3) is 0 Å². The fourth-order valence-electron chi connectivity index (χ4n) is 2.48. The second-order valence-electron chi connectivity index (χ2n) is 5.97. The number of pyridine rings is 1. The van der Waals surface area contributed by atoms with Gasteiger partial charge < -0.3 is 10.2 Å². The van der Waals surface area contributed by atoms with E-state index in [1.807, 2.05) is 36.2 Å². The molecule has 0 unspecified atom stereocenters. The van der Waals surface area contributed by atoms with Crippen LogP contribution in [0.1, 0.15) is 24.0 Å². The number of hydrogen-bond acceptors (Lipinski definition) is 3. The SMILES string of the molecule is CN(CCc1ccncc1)c1cc(CNC2CC2)ccc1F. The summed E-state index contributed by atoms with van der Waals surface area (Å²) in [4.78, 5) is 6.00. The number of benzene rings is 1. The van der Waals surface area contributed by atoms with Gasteiger partial charge in [0.25, 0.3) is 0 Å². The van der Waals surface area contributed by atoms with Gasteiger partial charge in [0.1, 0.15) is 5.82 Å². The normalized spacial score (nSPS) is 14.1. The Balaban J connectivity index is 1.62. The molecule has 0 atom stereocenters. The van der Waals surface area contributed by atoms with E-state index in [-0.39, 0.29) is 5.82 Å². The van der Waals surface area contributed by atoms with Gasteiger partial charge in [-0.3, -0.25) is 4.98 Å². The molecule has 0 spiro atoms. The molecule has 116 valence electrons. The summed E-state index contributed by atoms with van der Waals surface area (Å²) in [6.07, 6.45) is 6.99. The lowest BCUT2D eigenvalue weighted by Gasteiger charge is -2.21. The van der Waals surface area contributed by atoms with Crippen LogP contribution in [-0.2, 0) is 13.0 Å². The minimum absolute atomic E-state index is 0.160. The van der Waals surface area contributed by atoms with Crippen LogP contribution in [0.5, 0.6) is 0 Å². The zero-order valence-electron chi connectivity index (χ0n) is 12.9. The molecule has 0 radical (unpaired) electrons. The third kappa shape index (κ3) is 4.04. The first kappa shape index (κ1) is 15.0. The summed E-state index contributed by atoms with van der Waals surface area (Å²) in [5, 5.41) is 3.47. The molecule has 0 bridgehead atoms. The number of hydrogen-bond donors (Lipinski definition) is 1. The van der Waals surface area contributed by atoms with E-state index in [2.05, 4.69) is 10.3 Å². The highest BCUT2D eigenvalue weighted by molar-refractivity contribution is 5.49. The van der Waals surface area contributed by atoms with Crippen molar-refractivity contribution in [3.05, 3.63) is 59.7 Å². The lowest BCUT2D eigenvalue weighted by atomic mass is 10.1. The van der Waals surface area contributed by atoms with Crippen molar-refractivity contribution in [3.8, 4) is 0 Å². The van der Waals surface area contributed by atoms with E-state index in [0.29, 0.717) is 11.7 Å². The van der Waals surface area contributed by atoms with Gasteiger partial charge in [0.15, 0.2) is 0 Å². The maximum absolute atomic E-state index is 14.1. The molecule has 4 heteroatoms. The Labute approximate surface area is 131 Å². The Kier molecular flexibility index (Phi) is 4.68. The van der Waals surface area contributed by atoms with Gasteiger partial charge in [0, 0.05) is 38.6 Å². The highest BCUT2D eigenvalue weighted by Crippen LogP contribution is 2.22. The minimum atomic E-state index is -0.160. The number of halogens is 1. The topological polar surface area (TPSA) is 28.2 Å². The molecular formula is C18H22FN3. The van der Waals surface area contributed by atoms with Crippen LogP contribution in [0, 0.1) is 5.82 Å². The van der Waals surface area contributed by atoms with E-state index in [4.69, 9.17) is 0 Å². The largest absolute Gasteiger partial charge is 0.372 e. The van der Waals surface area contributed by atoms with Crippen LogP contribution < -0.4 is 10.2 Å². The number of rotatable bonds is 7. The summed E-state index contributed by atoms with van der Waals surface area (Å²) in [5.41, 5.74) is 3.03. The summed E-state index contributed by atoms with van der Waals surface area (Å²) >= 11 is 0. The molecule has 3 rings (SSSR count). The summed E-state index contributed by atoms with van der Waals surface area (Å²) < 4.78 is 14.1. The fraction of sp³-hybridized carbons (Fsp3) is 0.389. The molecule has 2 aromatic rings. The molecule has 1 aromatic carbocycles. The van der Waals surface area contributed by atoms with E-state index in [1.54, 1.807) is 18.5 Å². The predicted molar refractivity (Wildman–Crippen MR) is 87.5 cm³/mol. The molecule has 1 heterocycles. The van der Waals surface area contributed by atoms with Crippen LogP contribution >= 0.6 is 0 Å². The fourth-order valence-corrected chi connectivity index (χ4v) is 2.48. The van der Waals surface area contributed by atoms with Crippen molar-refractivity contribution in [3.63, 3.8) is 0 Å². The quantitative estimate of drug-likeness (QED) is 0.851. The van der Waals surface area contributed by atoms with Crippen molar-refractivity contribution in [2.75, 3.05) is 18.5 Å². The van der Waals surface area contributed by atoms with Crippen LogP contribution in [0.3, 0.4) is 0 Å². The van der Waals surface area contributed by atoms with Crippen molar-refractivity contribution >= 4 is 5.69 Å². The lowest BCUT2D eigenvalue weighted by molar-refractivity contribution is 0.619. The number of nitrogens with one attached hydrogen (secondary N) is 1. The van der Waals surface area contributed by atoms with Gasteiger partial charge >= 0.3 is 0 Å². The van der Waals surface area contributed by atoms with E-state index in [0.717, 1.165) is 25.1 Å². The minimum Gasteiger partial charge on any atom is -0.372 e. The summed E-state index contributed by atoms with van der Waals surface area (Å²) in [5.74, 6) is -0.160. The average Bonchev–Trinajstić information content (AvgIpc) is 3.37. The summed E-state index contributed by atoms with van der Waals surface area (Å²) in [6.45, 7) is 1.59. The number of likely N-dealkylation sites (N-methyl/N-ethyl adjacent to an activating group) is 1. The molecule has 1 saturated carbocycles. The average molecular weight is 299 g/mol. The van der Waals surface area contributed by atoms with Crippen LogP contribution in [0.2, 0.25) is 0 Å². The van der Waals surface area contributed by atoms with Crippen LogP contribution in [0.4, 0.5) is 10.1 Å². The van der Waals surface area contributed by atoms with E-state index >= 15 is 0 Å². The molecule has 3 nitrogen and oxygen atoms in total. The molecule has 0 amide bonds. The van der Waals surface area contributed by atoms with Crippen LogP contribution in [0.15, 0.2) is 42.7 Å². The van der Waals surface area contributed by atoms with Gasteiger partial charge in [0.2, 0.25) is 0 Å². The molecule has 0 aliphatic heterocycles. The van der Waals surface area contributed by atoms with Crippen molar-refractivity contribution in [2.24, 2.45) is 0 Å². The first-order valence-electron chi connectivity index (χ1n) is 7.84. The Morgan fingerprint density at radius 1 is 1.18 bits per heavy atom. The first-order valence-corrected chi connectivity index (χ1v) is 7.84. The third-order valence-electron chi connectivity index (χ3n) is 4.08. The van der Waals surface area contributed by atoms with E-state index in [1.165, 1.54) is 18.4 Å². The molecular weight excluding hydrogens is 277 g/mol. The van der Waals surface area contributed by atoms with E-state index < -0.39 is 0 Å². The monoisotopic (exact) mass is 299 g/mol. The second kappa shape index (κ2) is 6.88. The standard InChI is InChI=1S/C18H22FN3/c1-22(11-8-14-6-9-20-10-7-14)18-12-15(2-5-17(18)19)13-21-16-3-4-16/h2,5-7,9-10,12,16,21H,3-4,8,11,13H2,1H3. The Hall–Kier alpha value is -1.94. The van der Waals surface area contributed by atoms with Gasteiger partial charge in [-0.15, -0.1) is 0 Å². The molecule has 1 N–H and O–H groups in total. The van der Waals surface area contributed by atoms with Crippen molar-refractivity contribution in [1.82, 2.24) is 10.3 Å². The Morgan fingerprint density at radius 3 is 2.68 bits per heavy atom. The first-order chi connectivity index (χ1) is 10.7. The number of anilines is 1. The predicted octanol–water partition coefficient (Wildman–Crippen LogP) is 3.15. The zero-order chi connectivity index (χ0) is 15.4. The van der Waals surface area contributed by atoms with Crippen molar-refractivity contribution in [2.45, 2.75) is 31.8 Å². The second-order valence-corrected chi connectivity index (χ2v) is 5.97. The summed E-state index contributed by atoms with van der Waals surface area (Å²) in [6, 6.07) is 10.1. The highest BCUT2D eigenvalue weighted by atomic mass is 19.1. The van der Waals surface area contributed by atoms with Crippen molar-refractivity contribution in [1.29, 1.82) is 0 Å². The molecule has 22 heavy (non-hydrogen) atoms. The maximum Gasteiger partial charge on any atom is 0.146 e. The Bertz CT molecular complexity index is 611. The lowest BCUT2D eigenvalue weighted by Crippen LogP contribution is -2.22. The molecule has 0 saturated heterocycles. The molecule has 1 aromatic heterocycles. The van der Waals surface area contributed by atoms with Gasteiger partial charge in [-0.05, 0) is 54.7 Å². The molecule has 1 fully saturated rings.